The van der Waals surface area contributed by atoms with Crippen molar-refractivity contribution in [2.75, 3.05) is 26.2 Å². The first-order valence-corrected chi connectivity index (χ1v) is 10.5. The lowest BCUT2D eigenvalue weighted by molar-refractivity contribution is 0.0616. The zero-order chi connectivity index (χ0) is 21.1. The van der Waals surface area contributed by atoms with Crippen molar-refractivity contribution >= 4 is 5.91 Å². The summed E-state index contributed by atoms with van der Waals surface area (Å²) in [4.78, 5) is 25.9. The van der Waals surface area contributed by atoms with Crippen LogP contribution in [0.3, 0.4) is 0 Å². The van der Waals surface area contributed by atoms with E-state index in [1.54, 1.807) is 10.9 Å². The summed E-state index contributed by atoms with van der Waals surface area (Å²) < 4.78 is 1.79. The first-order valence-electron chi connectivity index (χ1n) is 10.5. The predicted octanol–water partition coefficient (Wildman–Crippen LogP) is 3.05. The van der Waals surface area contributed by atoms with E-state index in [1.165, 1.54) is 11.1 Å². The number of pyridine rings is 1. The van der Waals surface area contributed by atoms with E-state index in [0.717, 1.165) is 31.1 Å². The topological polar surface area (TPSA) is 67.2 Å². The minimum Gasteiger partial charge on any atom is -0.333 e. The van der Waals surface area contributed by atoms with E-state index in [0.29, 0.717) is 19.0 Å². The lowest BCUT2D eigenvalue weighted by Gasteiger charge is -2.34. The number of nitrogens with zero attached hydrogens (tertiary/aromatic N) is 6. The molecule has 1 aromatic carbocycles. The van der Waals surface area contributed by atoms with Gasteiger partial charge < -0.3 is 4.90 Å². The van der Waals surface area contributed by atoms with Crippen LogP contribution in [0.4, 0.5) is 0 Å². The summed E-state index contributed by atoms with van der Waals surface area (Å²) in [6.07, 6.45) is 3.68. The standard InChI is InChI=1S/C23H28N6O/c1-17(2)20-8-4-5-9-21(20)29-18(3)25-22(26-29)23(30)28-13-11-27(12-14-28)16-19-7-6-10-24-15-19/h4-10,15,17H,11-14,16H2,1-3H3. The summed E-state index contributed by atoms with van der Waals surface area (Å²) >= 11 is 0. The Hall–Kier alpha value is -3.06. The molecule has 0 spiro atoms. The van der Waals surface area contributed by atoms with Gasteiger partial charge in [0, 0.05) is 45.1 Å². The number of hydrogen-bond acceptors (Lipinski definition) is 5. The van der Waals surface area contributed by atoms with Crippen molar-refractivity contribution in [3.8, 4) is 5.69 Å². The molecular weight excluding hydrogens is 376 g/mol. The number of amides is 1. The van der Waals surface area contributed by atoms with Crippen LogP contribution in [0.5, 0.6) is 0 Å². The van der Waals surface area contributed by atoms with Crippen molar-refractivity contribution in [2.45, 2.75) is 33.2 Å². The number of benzene rings is 1. The number of aromatic nitrogens is 4. The molecule has 0 saturated carbocycles. The van der Waals surface area contributed by atoms with Crippen LogP contribution in [-0.2, 0) is 6.54 Å². The van der Waals surface area contributed by atoms with Gasteiger partial charge in [0.1, 0.15) is 5.82 Å². The zero-order valence-electron chi connectivity index (χ0n) is 17.8. The van der Waals surface area contributed by atoms with Crippen molar-refractivity contribution in [2.24, 2.45) is 0 Å². The molecule has 7 heteroatoms. The average molecular weight is 405 g/mol. The summed E-state index contributed by atoms with van der Waals surface area (Å²) in [5.74, 6) is 1.25. The van der Waals surface area contributed by atoms with Gasteiger partial charge in [-0.05, 0) is 36.1 Å². The lowest BCUT2D eigenvalue weighted by Crippen LogP contribution is -2.48. The van der Waals surface area contributed by atoms with Crippen LogP contribution in [0.1, 0.15) is 47.3 Å². The number of para-hydroxylation sites is 1. The van der Waals surface area contributed by atoms with Crippen molar-refractivity contribution < 1.29 is 4.79 Å². The van der Waals surface area contributed by atoms with Crippen LogP contribution in [0.15, 0.2) is 48.8 Å². The van der Waals surface area contributed by atoms with Crippen LogP contribution in [0.2, 0.25) is 0 Å². The number of aryl methyl sites for hydroxylation is 1. The molecule has 7 nitrogen and oxygen atoms in total. The molecule has 3 heterocycles. The van der Waals surface area contributed by atoms with Crippen LogP contribution in [0, 0.1) is 6.92 Å². The second-order valence-electron chi connectivity index (χ2n) is 8.04. The minimum absolute atomic E-state index is 0.0973. The Bertz CT molecular complexity index is 1010. The van der Waals surface area contributed by atoms with Gasteiger partial charge in [-0.2, -0.15) is 0 Å². The highest BCUT2D eigenvalue weighted by Crippen LogP contribution is 2.23. The molecular formula is C23H28N6O. The molecule has 0 atom stereocenters. The van der Waals surface area contributed by atoms with Crippen molar-refractivity contribution in [1.82, 2.24) is 29.5 Å². The van der Waals surface area contributed by atoms with E-state index in [4.69, 9.17) is 0 Å². The molecule has 0 N–H and O–H groups in total. The molecule has 156 valence electrons. The molecule has 1 aliphatic heterocycles. The van der Waals surface area contributed by atoms with Gasteiger partial charge in [0.25, 0.3) is 5.91 Å². The summed E-state index contributed by atoms with van der Waals surface area (Å²) in [5.41, 5.74) is 3.36. The Morgan fingerprint density at radius 3 is 2.53 bits per heavy atom. The molecule has 3 aromatic rings. The highest BCUT2D eigenvalue weighted by Gasteiger charge is 2.26. The second-order valence-corrected chi connectivity index (χ2v) is 8.04. The Balaban J connectivity index is 1.45. The molecule has 0 unspecified atom stereocenters. The van der Waals surface area contributed by atoms with Crippen LogP contribution in [-0.4, -0.2) is 61.6 Å². The fourth-order valence-corrected chi connectivity index (χ4v) is 3.88. The molecule has 1 saturated heterocycles. The van der Waals surface area contributed by atoms with E-state index < -0.39 is 0 Å². The molecule has 0 radical (unpaired) electrons. The summed E-state index contributed by atoms with van der Waals surface area (Å²) in [6.45, 7) is 10.1. The Morgan fingerprint density at radius 1 is 1.07 bits per heavy atom. The lowest BCUT2D eigenvalue weighted by atomic mass is 10.0. The Kier molecular flexibility index (Phi) is 5.90. The number of carbonyl (C=O) groups is 1. The number of hydrogen-bond donors (Lipinski definition) is 0. The van der Waals surface area contributed by atoms with Crippen molar-refractivity contribution in [3.05, 3.63) is 71.6 Å². The maximum Gasteiger partial charge on any atom is 0.293 e. The molecule has 30 heavy (non-hydrogen) atoms. The first kappa shape index (κ1) is 20.2. The van der Waals surface area contributed by atoms with Crippen molar-refractivity contribution in [1.29, 1.82) is 0 Å². The summed E-state index contributed by atoms with van der Waals surface area (Å²) in [5, 5.41) is 4.58. The molecule has 0 bridgehead atoms. The summed E-state index contributed by atoms with van der Waals surface area (Å²) in [6, 6.07) is 12.2. The molecule has 2 aromatic heterocycles. The fourth-order valence-electron chi connectivity index (χ4n) is 3.88. The Morgan fingerprint density at radius 2 is 1.83 bits per heavy atom. The van der Waals surface area contributed by atoms with Crippen molar-refractivity contribution in [3.63, 3.8) is 0 Å². The van der Waals surface area contributed by atoms with Gasteiger partial charge >= 0.3 is 0 Å². The first-order chi connectivity index (χ1) is 14.5. The molecule has 4 rings (SSSR count). The maximum atomic E-state index is 13.0. The average Bonchev–Trinajstić information content (AvgIpc) is 3.16. The number of carbonyl (C=O) groups excluding carboxylic acids is 1. The van der Waals surface area contributed by atoms with Crippen LogP contribution < -0.4 is 0 Å². The molecule has 1 amide bonds. The van der Waals surface area contributed by atoms with E-state index in [9.17, 15) is 4.79 Å². The van der Waals surface area contributed by atoms with Crippen LogP contribution in [0.25, 0.3) is 5.69 Å². The number of piperazine rings is 1. The maximum absolute atomic E-state index is 13.0. The third kappa shape index (κ3) is 4.26. The highest BCUT2D eigenvalue weighted by molar-refractivity contribution is 5.90. The fraction of sp³-hybridized carbons (Fsp3) is 0.391. The minimum atomic E-state index is -0.0973. The second kappa shape index (κ2) is 8.75. The quantitative estimate of drug-likeness (QED) is 0.654. The van der Waals surface area contributed by atoms with Gasteiger partial charge in [-0.1, -0.05) is 38.1 Å². The third-order valence-corrected chi connectivity index (χ3v) is 5.54. The zero-order valence-corrected chi connectivity index (χ0v) is 17.8. The monoisotopic (exact) mass is 404 g/mol. The smallest absolute Gasteiger partial charge is 0.293 e. The van der Waals surface area contributed by atoms with Gasteiger partial charge in [-0.3, -0.25) is 14.7 Å². The normalized spacial score (nSPS) is 15.0. The van der Waals surface area contributed by atoms with Gasteiger partial charge in [0.2, 0.25) is 5.82 Å². The highest BCUT2D eigenvalue weighted by atomic mass is 16.2. The van der Waals surface area contributed by atoms with Gasteiger partial charge in [0.05, 0.1) is 5.69 Å². The molecule has 1 fully saturated rings. The molecule has 0 aliphatic carbocycles. The van der Waals surface area contributed by atoms with E-state index in [1.807, 2.05) is 42.3 Å². The van der Waals surface area contributed by atoms with Crippen LogP contribution >= 0.6 is 0 Å². The van der Waals surface area contributed by atoms with Gasteiger partial charge in [0.15, 0.2) is 0 Å². The molecule has 1 aliphatic rings. The van der Waals surface area contributed by atoms with E-state index in [-0.39, 0.29) is 11.7 Å². The largest absolute Gasteiger partial charge is 0.333 e. The van der Waals surface area contributed by atoms with E-state index in [2.05, 4.69) is 45.9 Å². The Labute approximate surface area is 177 Å². The summed E-state index contributed by atoms with van der Waals surface area (Å²) in [7, 11) is 0. The van der Waals surface area contributed by atoms with Gasteiger partial charge in [-0.15, -0.1) is 5.10 Å². The van der Waals surface area contributed by atoms with Gasteiger partial charge in [-0.25, -0.2) is 9.67 Å². The third-order valence-electron chi connectivity index (χ3n) is 5.54. The predicted molar refractivity (Wildman–Crippen MR) is 116 cm³/mol. The van der Waals surface area contributed by atoms with E-state index >= 15 is 0 Å². The number of rotatable bonds is 5. The SMILES string of the molecule is Cc1nc(C(=O)N2CCN(Cc3cccnc3)CC2)nn1-c1ccccc1C(C)C.